The average Bonchev–Trinajstić information content (AvgIpc) is 3.03. The van der Waals surface area contributed by atoms with E-state index < -0.39 is 17.9 Å². The molecule has 122 valence electrons. The van der Waals surface area contributed by atoms with Gasteiger partial charge in [0.1, 0.15) is 6.61 Å². The van der Waals surface area contributed by atoms with Crippen LogP contribution in [-0.4, -0.2) is 38.5 Å². The first-order chi connectivity index (χ1) is 10.6. The predicted molar refractivity (Wildman–Crippen MR) is 77.1 cm³/mol. The minimum atomic E-state index is -0.674. The first-order valence-corrected chi connectivity index (χ1v) is 7.32. The molecule has 1 fully saturated rings. The molecule has 6 heteroatoms. The van der Waals surface area contributed by atoms with Crippen molar-refractivity contribution in [1.82, 2.24) is 0 Å². The highest BCUT2D eigenvalue weighted by Crippen LogP contribution is 2.18. The highest BCUT2D eigenvalue weighted by molar-refractivity contribution is 5.74. The van der Waals surface area contributed by atoms with E-state index in [9.17, 15) is 9.18 Å². The standard InChI is InChI=1S/C16H21FO5/c1-11(21-10-13-4-3-7-20-13)16(18)22-9-12-5-6-15(19-2)14(17)8-12/h5-6,8,11,13H,3-4,7,9-10H2,1-2H3. The molecule has 0 aliphatic carbocycles. The molecule has 1 heterocycles. The summed E-state index contributed by atoms with van der Waals surface area (Å²) < 4.78 is 34.3. The normalized spacial score (nSPS) is 19.0. The quantitative estimate of drug-likeness (QED) is 0.724. The Morgan fingerprint density at radius 2 is 2.32 bits per heavy atom. The van der Waals surface area contributed by atoms with Gasteiger partial charge < -0.3 is 18.9 Å². The molecular weight excluding hydrogens is 291 g/mol. The maximum absolute atomic E-state index is 13.5. The monoisotopic (exact) mass is 312 g/mol. The van der Waals surface area contributed by atoms with Gasteiger partial charge in [-0.2, -0.15) is 0 Å². The zero-order valence-corrected chi connectivity index (χ0v) is 12.8. The zero-order chi connectivity index (χ0) is 15.9. The second kappa shape index (κ2) is 8.10. The first-order valence-electron chi connectivity index (χ1n) is 7.32. The Labute approximate surface area is 129 Å². The summed E-state index contributed by atoms with van der Waals surface area (Å²) in [5.41, 5.74) is 0.554. The van der Waals surface area contributed by atoms with E-state index in [1.807, 2.05) is 0 Å². The molecule has 0 saturated carbocycles. The van der Waals surface area contributed by atoms with Gasteiger partial charge in [-0.1, -0.05) is 6.07 Å². The van der Waals surface area contributed by atoms with Crippen molar-refractivity contribution in [2.24, 2.45) is 0 Å². The molecule has 1 aromatic carbocycles. The van der Waals surface area contributed by atoms with Gasteiger partial charge in [-0.05, 0) is 37.5 Å². The number of carbonyl (C=O) groups excluding carboxylic acids is 1. The fourth-order valence-corrected chi connectivity index (χ4v) is 2.17. The molecular formula is C16H21FO5. The van der Waals surface area contributed by atoms with E-state index in [1.54, 1.807) is 13.0 Å². The summed E-state index contributed by atoms with van der Waals surface area (Å²) in [4.78, 5) is 11.8. The van der Waals surface area contributed by atoms with Crippen molar-refractivity contribution in [2.75, 3.05) is 20.3 Å². The van der Waals surface area contributed by atoms with Crippen molar-refractivity contribution >= 4 is 5.97 Å². The fourth-order valence-electron chi connectivity index (χ4n) is 2.17. The van der Waals surface area contributed by atoms with E-state index >= 15 is 0 Å². The Bertz CT molecular complexity index is 499. The summed E-state index contributed by atoms with van der Waals surface area (Å²) in [6, 6.07) is 4.42. The van der Waals surface area contributed by atoms with Crippen molar-refractivity contribution in [3.63, 3.8) is 0 Å². The molecule has 1 aliphatic rings. The first kappa shape index (κ1) is 16.7. The molecule has 0 N–H and O–H groups in total. The van der Waals surface area contributed by atoms with Crippen LogP contribution in [0.2, 0.25) is 0 Å². The van der Waals surface area contributed by atoms with Crippen LogP contribution in [0.4, 0.5) is 4.39 Å². The second-order valence-electron chi connectivity index (χ2n) is 5.19. The number of esters is 1. The van der Waals surface area contributed by atoms with Crippen LogP contribution in [-0.2, 0) is 25.6 Å². The van der Waals surface area contributed by atoms with Crippen LogP contribution in [0.25, 0.3) is 0 Å². The predicted octanol–water partition coefficient (Wildman–Crippen LogP) is 2.46. The molecule has 0 bridgehead atoms. The van der Waals surface area contributed by atoms with Gasteiger partial charge in [-0.15, -0.1) is 0 Å². The van der Waals surface area contributed by atoms with Gasteiger partial charge in [-0.3, -0.25) is 0 Å². The van der Waals surface area contributed by atoms with Gasteiger partial charge >= 0.3 is 5.97 Å². The van der Waals surface area contributed by atoms with Gasteiger partial charge in [-0.25, -0.2) is 9.18 Å². The SMILES string of the molecule is COc1ccc(COC(=O)C(C)OCC2CCCO2)cc1F. The van der Waals surface area contributed by atoms with Crippen molar-refractivity contribution < 1.29 is 28.1 Å². The summed E-state index contributed by atoms with van der Waals surface area (Å²) in [5, 5.41) is 0. The zero-order valence-electron chi connectivity index (χ0n) is 12.8. The van der Waals surface area contributed by atoms with Gasteiger partial charge in [0.25, 0.3) is 0 Å². The van der Waals surface area contributed by atoms with E-state index in [0.29, 0.717) is 12.2 Å². The molecule has 0 aromatic heterocycles. The number of hydrogen-bond acceptors (Lipinski definition) is 5. The van der Waals surface area contributed by atoms with Gasteiger partial charge in [0.2, 0.25) is 0 Å². The number of benzene rings is 1. The number of hydrogen-bond donors (Lipinski definition) is 0. The molecule has 0 amide bonds. The summed E-state index contributed by atoms with van der Waals surface area (Å²) in [6.07, 6.45) is 1.36. The van der Waals surface area contributed by atoms with Crippen molar-refractivity contribution in [2.45, 2.75) is 38.6 Å². The van der Waals surface area contributed by atoms with Crippen LogP contribution in [0.3, 0.4) is 0 Å². The number of carbonyl (C=O) groups is 1. The maximum Gasteiger partial charge on any atom is 0.335 e. The molecule has 2 rings (SSSR count). The second-order valence-corrected chi connectivity index (χ2v) is 5.19. The molecule has 2 atom stereocenters. The van der Waals surface area contributed by atoms with E-state index in [0.717, 1.165) is 19.4 Å². The molecule has 1 aliphatic heterocycles. The van der Waals surface area contributed by atoms with Gasteiger partial charge in [0.05, 0.1) is 19.8 Å². The third kappa shape index (κ3) is 4.68. The van der Waals surface area contributed by atoms with Crippen molar-refractivity contribution in [3.8, 4) is 5.75 Å². The molecule has 0 spiro atoms. The lowest BCUT2D eigenvalue weighted by atomic mass is 10.2. The van der Waals surface area contributed by atoms with E-state index in [2.05, 4.69) is 0 Å². The number of rotatable bonds is 7. The Morgan fingerprint density at radius 3 is 2.95 bits per heavy atom. The Balaban J connectivity index is 1.75. The van der Waals surface area contributed by atoms with Crippen LogP contribution >= 0.6 is 0 Å². The van der Waals surface area contributed by atoms with E-state index in [-0.39, 0.29) is 18.5 Å². The van der Waals surface area contributed by atoms with Gasteiger partial charge in [0, 0.05) is 6.61 Å². The molecule has 5 nitrogen and oxygen atoms in total. The minimum Gasteiger partial charge on any atom is -0.494 e. The Hall–Kier alpha value is -1.66. The van der Waals surface area contributed by atoms with Crippen LogP contribution in [0.1, 0.15) is 25.3 Å². The van der Waals surface area contributed by atoms with Gasteiger partial charge in [0.15, 0.2) is 17.7 Å². The summed E-state index contributed by atoms with van der Waals surface area (Å²) in [7, 11) is 1.39. The molecule has 1 aromatic rings. The minimum absolute atomic E-state index is 0.00657. The van der Waals surface area contributed by atoms with Crippen molar-refractivity contribution in [3.05, 3.63) is 29.6 Å². The van der Waals surface area contributed by atoms with E-state index in [1.165, 1.54) is 19.2 Å². The summed E-state index contributed by atoms with van der Waals surface area (Å²) in [6.45, 7) is 2.75. The highest BCUT2D eigenvalue weighted by Gasteiger charge is 2.20. The van der Waals surface area contributed by atoms with Crippen LogP contribution in [0.5, 0.6) is 5.75 Å². The third-order valence-electron chi connectivity index (χ3n) is 3.49. The largest absolute Gasteiger partial charge is 0.494 e. The highest BCUT2D eigenvalue weighted by atomic mass is 19.1. The summed E-state index contributed by atoms with van der Waals surface area (Å²) >= 11 is 0. The average molecular weight is 312 g/mol. The lowest BCUT2D eigenvalue weighted by Crippen LogP contribution is -2.27. The van der Waals surface area contributed by atoms with Crippen molar-refractivity contribution in [1.29, 1.82) is 0 Å². The van der Waals surface area contributed by atoms with E-state index in [4.69, 9.17) is 18.9 Å². The Kier molecular flexibility index (Phi) is 6.15. The fraction of sp³-hybridized carbons (Fsp3) is 0.562. The molecule has 0 radical (unpaired) electrons. The van der Waals surface area contributed by atoms with Crippen LogP contribution in [0, 0.1) is 5.82 Å². The number of methoxy groups -OCH3 is 1. The lowest BCUT2D eigenvalue weighted by Gasteiger charge is -2.15. The molecule has 1 saturated heterocycles. The molecule has 22 heavy (non-hydrogen) atoms. The third-order valence-corrected chi connectivity index (χ3v) is 3.49. The number of halogens is 1. The Morgan fingerprint density at radius 1 is 1.50 bits per heavy atom. The van der Waals surface area contributed by atoms with Crippen LogP contribution < -0.4 is 4.74 Å². The maximum atomic E-state index is 13.5. The number of ether oxygens (including phenoxy) is 4. The smallest absolute Gasteiger partial charge is 0.335 e. The topological polar surface area (TPSA) is 54.0 Å². The lowest BCUT2D eigenvalue weighted by molar-refractivity contribution is -0.159. The molecule has 2 unspecified atom stereocenters. The van der Waals surface area contributed by atoms with Crippen LogP contribution in [0.15, 0.2) is 18.2 Å². The summed E-state index contributed by atoms with van der Waals surface area (Å²) in [5.74, 6) is -0.809.